The molecule has 0 aromatic carbocycles. The molecule has 0 radical (unpaired) electrons. The Morgan fingerprint density at radius 2 is 1.10 bits per heavy atom. The van der Waals surface area contributed by atoms with Crippen LogP contribution < -0.4 is 10.6 Å². The number of amides is 2. The second-order valence-electron chi connectivity index (χ2n) is 7.32. The van der Waals surface area contributed by atoms with Gasteiger partial charge in [0, 0.05) is 20.0 Å². The van der Waals surface area contributed by atoms with Crippen LogP contribution in [-0.4, -0.2) is 56.8 Å². The lowest BCUT2D eigenvalue weighted by atomic mass is 10.2. The topological polar surface area (TPSA) is 120 Å². The number of alkyl carbamates (subject to hydrolysis) is 1. The minimum Gasteiger partial charge on any atom is -0.466 e. The molecular formula is C22H40N2O7. The summed E-state index contributed by atoms with van der Waals surface area (Å²) in [5, 5.41) is 5.43. The zero-order valence-corrected chi connectivity index (χ0v) is 19.2. The summed E-state index contributed by atoms with van der Waals surface area (Å²) >= 11 is 0. The molecule has 180 valence electrons. The SMILES string of the molecule is CCCCCOC(=O)CCC(=O)OCCCCOC(=O)NCCCCCCNC(C)=O. The summed E-state index contributed by atoms with van der Waals surface area (Å²) in [6, 6.07) is 0. The van der Waals surface area contributed by atoms with Crippen LogP contribution in [0.3, 0.4) is 0 Å². The first-order valence-electron chi connectivity index (χ1n) is 11.4. The molecule has 0 aliphatic carbocycles. The van der Waals surface area contributed by atoms with Crippen molar-refractivity contribution < 1.29 is 33.4 Å². The molecule has 0 rings (SSSR count). The number of hydrogen-bond acceptors (Lipinski definition) is 7. The molecule has 2 N–H and O–H groups in total. The van der Waals surface area contributed by atoms with Gasteiger partial charge in [0.2, 0.25) is 5.91 Å². The Balaban J connectivity index is 3.41. The second-order valence-corrected chi connectivity index (χ2v) is 7.32. The molecule has 9 nitrogen and oxygen atoms in total. The molecule has 0 aliphatic heterocycles. The standard InChI is InChI=1S/C22H40N2O7/c1-3-4-9-16-29-20(26)12-13-21(27)30-17-10-11-18-31-22(28)24-15-8-6-5-7-14-23-19(2)25/h3-18H2,1-2H3,(H,23,25)(H,24,28). The third-order valence-electron chi connectivity index (χ3n) is 4.33. The fourth-order valence-electron chi connectivity index (χ4n) is 2.55. The van der Waals surface area contributed by atoms with E-state index in [9.17, 15) is 19.2 Å². The zero-order valence-electron chi connectivity index (χ0n) is 19.2. The smallest absolute Gasteiger partial charge is 0.407 e. The molecule has 0 fully saturated rings. The minimum atomic E-state index is -0.451. The summed E-state index contributed by atoms with van der Waals surface area (Å²) in [5.74, 6) is -0.823. The van der Waals surface area contributed by atoms with Crippen molar-refractivity contribution in [2.24, 2.45) is 0 Å². The van der Waals surface area contributed by atoms with E-state index in [2.05, 4.69) is 17.6 Å². The highest BCUT2D eigenvalue weighted by Crippen LogP contribution is 2.01. The first-order valence-corrected chi connectivity index (χ1v) is 11.4. The summed E-state index contributed by atoms with van der Waals surface area (Å²) in [5.41, 5.74) is 0. The van der Waals surface area contributed by atoms with Crippen LogP contribution in [0, 0.1) is 0 Å². The van der Waals surface area contributed by atoms with Gasteiger partial charge in [0.25, 0.3) is 0 Å². The molecule has 0 aromatic heterocycles. The van der Waals surface area contributed by atoms with E-state index in [4.69, 9.17) is 14.2 Å². The average molecular weight is 445 g/mol. The summed E-state index contributed by atoms with van der Waals surface area (Å²) < 4.78 is 15.1. The van der Waals surface area contributed by atoms with Crippen LogP contribution in [0.4, 0.5) is 4.79 Å². The number of unbranched alkanes of at least 4 members (excludes halogenated alkanes) is 6. The number of hydrogen-bond donors (Lipinski definition) is 2. The predicted octanol–water partition coefficient (Wildman–Crippen LogP) is 3.25. The number of nitrogens with one attached hydrogen (secondary N) is 2. The maximum Gasteiger partial charge on any atom is 0.407 e. The van der Waals surface area contributed by atoms with Gasteiger partial charge in [-0.25, -0.2) is 4.79 Å². The molecule has 0 heterocycles. The lowest BCUT2D eigenvalue weighted by Crippen LogP contribution is -2.25. The van der Waals surface area contributed by atoms with Crippen molar-refractivity contribution in [3.8, 4) is 0 Å². The van der Waals surface area contributed by atoms with E-state index in [0.717, 1.165) is 44.9 Å². The van der Waals surface area contributed by atoms with Gasteiger partial charge in [0.05, 0.1) is 32.7 Å². The van der Waals surface area contributed by atoms with Crippen LogP contribution in [0.2, 0.25) is 0 Å². The summed E-state index contributed by atoms with van der Waals surface area (Å²) in [4.78, 5) is 45.3. The number of esters is 2. The Labute approximate surface area is 185 Å². The molecular weight excluding hydrogens is 404 g/mol. The fourth-order valence-corrected chi connectivity index (χ4v) is 2.55. The minimum absolute atomic E-state index is 0.0127. The molecule has 0 aromatic rings. The lowest BCUT2D eigenvalue weighted by Gasteiger charge is -2.08. The van der Waals surface area contributed by atoms with Crippen LogP contribution in [0.1, 0.15) is 84.5 Å². The van der Waals surface area contributed by atoms with Crippen molar-refractivity contribution in [2.75, 3.05) is 32.9 Å². The molecule has 0 saturated carbocycles. The van der Waals surface area contributed by atoms with Crippen LogP contribution in [0.15, 0.2) is 0 Å². The first-order chi connectivity index (χ1) is 15.0. The first kappa shape index (κ1) is 28.7. The third kappa shape index (κ3) is 22.2. The van der Waals surface area contributed by atoms with E-state index in [1.54, 1.807) is 0 Å². The van der Waals surface area contributed by atoms with Crippen LogP contribution in [-0.2, 0) is 28.6 Å². The largest absolute Gasteiger partial charge is 0.466 e. The van der Waals surface area contributed by atoms with Gasteiger partial charge >= 0.3 is 18.0 Å². The highest BCUT2D eigenvalue weighted by atomic mass is 16.6. The van der Waals surface area contributed by atoms with E-state index in [-0.39, 0.29) is 37.9 Å². The van der Waals surface area contributed by atoms with E-state index in [1.165, 1.54) is 6.92 Å². The van der Waals surface area contributed by atoms with E-state index in [1.807, 2.05) is 0 Å². The molecule has 0 saturated heterocycles. The van der Waals surface area contributed by atoms with Gasteiger partial charge in [0.15, 0.2) is 0 Å². The van der Waals surface area contributed by atoms with Gasteiger partial charge < -0.3 is 24.8 Å². The Hall–Kier alpha value is -2.32. The molecule has 0 bridgehead atoms. The van der Waals surface area contributed by atoms with Crippen LogP contribution in [0.25, 0.3) is 0 Å². The van der Waals surface area contributed by atoms with Gasteiger partial charge in [-0.3, -0.25) is 14.4 Å². The van der Waals surface area contributed by atoms with Crippen molar-refractivity contribution in [1.29, 1.82) is 0 Å². The zero-order chi connectivity index (χ0) is 23.2. The molecule has 9 heteroatoms. The molecule has 0 aliphatic rings. The van der Waals surface area contributed by atoms with Crippen molar-refractivity contribution in [3.63, 3.8) is 0 Å². The third-order valence-corrected chi connectivity index (χ3v) is 4.33. The highest BCUT2D eigenvalue weighted by Gasteiger charge is 2.09. The summed E-state index contributed by atoms with van der Waals surface area (Å²) in [6.45, 7) is 5.69. The van der Waals surface area contributed by atoms with Crippen molar-refractivity contribution >= 4 is 23.9 Å². The average Bonchev–Trinajstić information content (AvgIpc) is 2.73. The van der Waals surface area contributed by atoms with Gasteiger partial charge in [-0.15, -0.1) is 0 Å². The Morgan fingerprint density at radius 3 is 1.61 bits per heavy atom. The number of ether oxygens (including phenoxy) is 3. The number of carbonyl (C=O) groups excluding carboxylic acids is 4. The van der Waals surface area contributed by atoms with Crippen molar-refractivity contribution in [1.82, 2.24) is 10.6 Å². The van der Waals surface area contributed by atoms with Crippen LogP contribution >= 0.6 is 0 Å². The van der Waals surface area contributed by atoms with E-state index in [0.29, 0.717) is 32.5 Å². The normalized spacial score (nSPS) is 10.3. The van der Waals surface area contributed by atoms with Crippen molar-refractivity contribution in [2.45, 2.75) is 84.5 Å². The summed E-state index contributed by atoms with van der Waals surface area (Å²) in [7, 11) is 0. The van der Waals surface area contributed by atoms with Gasteiger partial charge in [-0.05, 0) is 32.1 Å². The summed E-state index contributed by atoms with van der Waals surface area (Å²) in [6.07, 6.45) is 7.43. The molecule has 2 amide bonds. The van der Waals surface area contributed by atoms with E-state index < -0.39 is 12.1 Å². The van der Waals surface area contributed by atoms with E-state index >= 15 is 0 Å². The van der Waals surface area contributed by atoms with Gasteiger partial charge in [0.1, 0.15) is 0 Å². The Morgan fingerprint density at radius 1 is 0.613 bits per heavy atom. The van der Waals surface area contributed by atoms with Gasteiger partial charge in [-0.1, -0.05) is 32.6 Å². The highest BCUT2D eigenvalue weighted by molar-refractivity contribution is 5.77. The quantitative estimate of drug-likeness (QED) is 0.178. The van der Waals surface area contributed by atoms with Crippen molar-refractivity contribution in [3.05, 3.63) is 0 Å². The maximum atomic E-state index is 11.6. The molecule has 0 unspecified atom stereocenters. The monoisotopic (exact) mass is 444 g/mol. The van der Waals surface area contributed by atoms with Gasteiger partial charge in [-0.2, -0.15) is 0 Å². The molecule has 0 atom stereocenters. The maximum absolute atomic E-state index is 11.6. The molecule has 0 spiro atoms. The Kier molecular flexibility index (Phi) is 19.4. The molecule has 31 heavy (non-hydrogen) atoms. The fraction of sp³-hybridized carbons (Fsp3) is 0.818. The Bertz CT molecular complexity index is 512. The number of carbonyl (C=O) groups is 4. The number of rotatable bonds is 19. The van der Waals surface area contributed by atoms with Crippen LogP contribution in [0.5, 0.6) is 0 Å². The lowest BCUT2D eigenvalue weighted by molar-refractivity contribution is -0.150. The predicted molar refractivity (Wildman–Crippen MR) is 116 cm³/mol. The second kappa shape index (κ2) is 20.9.